The minimum Gasteiger partial charge on any atom is -0.319 e. The molecule has 0 fully saturated rings. The first-order valence-corrected chi connectivity index (χ1v) is 5.55. The summed E-state index contributed by atoms with van der Waals surface area (Å²) in [6.45, 7) is 1.75. The van der Waals surface area contributed by atoms with E-state index >= 15 is 0 Å². The predicted octanol–water partition coefficient (Wildman–Crippen LogP) is 2.65. The Bertz CT molecular complexity index is 677. The van der Waals surface area contributed by atoms with Crippen molar-refractivity contribution >= 4 is 11.6 Å². The van der Waals surface area contributed by atoms with Gasteiger partial charge in [-0.2, -0.15) is 5.26 Å². The molecule has 1 aromatic heterocycles. The fourth-order valence-electron chi connectivity index (χ4n) is 1.65. The van der Waals surface area contributed by atoms with E-state index in [0.29, 0.717) is 5.56 Å². The van der Waals surface area contributed by atoms with Gasteiger partial charge in [-0.25, -0.2) is 4.39 Å². The van der Waals surface area contributed by atoms with Crippen LogP contribution in [0.15, 0.2) is 36.5 Å². The lowest BCUT2D eigenvalue weighted by atomic mass is 10.1. The topological polar surface area (TPSA) is 65.8 Å². The lowest BCUT2D eigenvalue weighted by molar-refractivity contribution is 0.102. The van der Waals surface area contributed by atoms with Gasteiger partial charge in [0.15, 0.2) is 0 Å². The van der Waals surface area contributed by atoms with Crippen LogP contribution in [0, 0.1) is 24.1 Å². The average Bonchev–Trinajstić information content (AvgIpc) is 2.39. The summed E-state index contributed by atoms with van der Waals surface area (Å²) >= 11 is 0. The molecule has 0 radical (unpaired) electrons. The first kappa shape index (κ1) is 12.7. The average molecular weight is 255 g/mol. The number of hydrogen-bond donors (Lipinski definition) is 1. The summed E-state index contributed by atoms with van der Waals surface area (Å²) in [4.78, 5) is 16.0. The minimum absolute atomic E-state index is 0.137. The van der Waals surface area contributed by atoms with Gasteiger partial charge in [0.2, 0.25) is 0 Å². The zero-order valence-electron chi connectivity index (χ0n) is 10.1. The van der Waals surface area contributed by atoms with Crippen LogP contribution < -0.4 is 5.32 Å². The number of nitrogens with zero attached hydrogens (tertiary/aromatic N) is 2. The summed E-state index contributed by atoms with van der Waals surface area (Å²) in [5, 5.41) is 11.4. The second-order valence-electron chi connectivity index (χ2n) is 3.90. The molecule has 1 N–H and O–H groups in total. The molecule has 0 aliphatic rings. The van der Waals surface area contributed by atoms with Gasteiger partial charge in [0.1, 0.15) is 23.1 Å². The Kier molecular flexibility index (Phi) is 3.53. The third kappa shape index (κ3) is 2.58. The number of aryl methyl sites for hydroxylation is 1. The van der Waals surface area contributed by atoms with E-state index < -0.39 is 11.7 Å². The van der Waals surface area contributed by atoms with Crippen LogP contribution in [0.3, 0.4) is 0 Å². The van der Waals surface area contributed by atoms with E-state index in [4.69, 9.17) is 5.26 Å². The summed E-state index contributed by atoms with van der Waals surface area (Å²) in [6, 6.07) is 9.26. The van der Waals surface area contributed by atoms with Gasteiger partial charge >= 0.3 is 0 Å². The maximum atomic E-state index is 13.4. The lowest BCUT2D eigenvalue weighted by Gasteiger charge is -2.08. The zero-order chi connectivity index (χ0) is 13.8. The number of aromatic nitrogens is 1. The highest BCUT2D eigenvalue weighted by Gasteiger charge is 2.14. The number of amides is 1. The van der Waals surface area contributed by atoms with Crippen molar-refractivity contribution < 1.29 is 9.18 Å². The number of carbonyl (C=O) groups excluding carboxylic acids is 1. The van der Waals surface area contributed by atoms with Gasteiger partial charge in [-0.15, -0.1) is 0 Å². The highest BCUT2D eigenvalue weighted by molar-refractivity contribution is 6.04. The van der Waals surface area contributed by atoms with Crippen LogP contribution in [-0.4, -0.2) is 10.9 Å². The number of pyridine rings is 1. The van der Waals surface area contributed by atoms with Crippen LogP contribution in [0.4, 0.5) is 10.1 Å². The maximum absolute atomic E-state index is 13.4. The summed E-state index contributed by atoms with van der Waals surface area (Å²) in [5.41, 5.74) is 0.896. The monoisotopic (exact) mass is 255 g/mol. The molecule has 1 aromatic carbocycles. The molecule has 1 amide bonds. The number of carbonyl (C=O) groups is 1. The van der Waals surface area contributed by atoms with Gasteiger partial charge in [0, 0.05) is 6.20 Å². The number of halogens is 1. The van der Waals surface area contributed by atoms with E-state index in [1.807, 2.05) is 0 Å². The first-order chi connectivity index (χ1) is 9.13. The third-order valence-corrected chi connectivity index (χ3v) is 2.60. The molecule has 0 bridgehead atoms. The van der Waals surface area contributed by atoms with Crippen LogP contribution in [-0.2, 0) is 0 Å². The Balaban J connectivity index is 2.33. The summed E-state index contributed by atoms with van der Waals surface area (Å²) in [7, 11) is 0. The summed E-state index contributed by atoms with van der Waals surface area (Å²) in [5.74, 6) is -1.14. The Morgan fingerprint density at radius 2 is 2.16 bits per heavy atom. The van der Waals surface area contributed by atoms with E-state index in [1.54, 1.807) is 25.1 Å². The second kappa shape index (κ2) is 5.27. The van der Waals surface area contributed by atoms with Gasteiger partial charge < -0.3 is 5.32 Å². The molecular formula is C14H10FN3O. The molecule has 1 heterocycles. The molecule has 0 spiro atoms. The fourth-order valence-corrected chi connectivity index (χ4v) is 1.65. The normalized spacial score (nSPS) is 9.74. The standard InChI is InChI=1S/C14H10FN3O/c1-9-4-3-7-17-13(9)14(19)18-12-6-2-5-11(15)10(12)8-16/h2-7H,1H3,(H,18,19). The van der Waals surface area contributed by atoms with Gasteiger partial charge in [-0.3, -0.25) is 9.78 Å². The molecule has 5 heteroatoms. The first-order valence-electron chi connectivity index (χ1n) is 5.55. The molecule has 0 aliphatic carbocycles. The lowest BCUT2D eigenvalue weighted by Crippen LogP contribution is -2.16. The van der Waals surface area contributed by atoms with Crippen molar-refractivity contribution in [1.82, 2.24) is 4.98 Å². The SMILES string of the molecule is Cc1cccnc1C(=O)Nc1cccc(F)c1C#N. The zero-order valence-corrected chi connectivity index (χ0v) is 10.1. The Labute approximate surface area is 109 Å². The van der Waals surface area contributed by atoms with Crippen molar-refractivity contribution in [3.05, 3.63) is 59.2 Å². The Hall–Kier alpha value is -2.74. The van der Waals surface area contributed by atoms with Crippen LogP contribution >= 0.6 is 0 Å². The van der Waals surface area contributed by atoms with Gasteiger partial charge in [0.05, 0.1) is 5.69 Å². The van der Waals surface area contributed by atoms with Crippen LogP contribution in [0.5, 0.6) is 0 Å². The molecule has 19 heavy (non-hydrogen) atoms. The largest absolute Gasteiger partial charge is 0.319 e. The van der Waals surface area contributed by atoms with Crippen molar-refractivity contribution in [1.29, 1.82) is 5.26 Å². The molecule has 2 aromatic rings. The van der Waals surface area contributed by atoms with Crippen molar-refractivity contribution in [3.63, 3.8) is 0 Å². The Morgan fingerprint density at radius 1 is 1.37 bits per heavy atom. The minimum atomic E-state index is -0.668. The third-order valence-electron chi connectivity index (χ3n) is 2.60. The summed E-state index contributed by atoms with van der Waals surface area (Å²) in [6.07, 6.45) is 1.50. The number of nitrogens with one attached hydrogen (secondary N) is 1. The van der Waals surface area contributed by atoms with E-state index in [9.17, 15) is 9.18 Å². The molecule has 0 aliphatic heterocycles. The highest BCUT2D eigenvalue weighted by Crippen LogP contribution is 2.18. The number of anilines is 1. The van der Waals surface area contributed by atoms with Crippen molar-refractivity contribution in [2.45, 2.75) is 6.92 Å². The van der Waals surface area contributed by atoms with Crippen LogP contribution in [0.25, 0.3) is 0 Å². The van der Waals surface area contributed by atoms with Crippen LogP contribution in [0.2, 0.25) is 0 Å². The van der Waals surface area contributed by atoms with E-state index in [-0.39, 0.29) is 16.9 Å². The Morgan fingerprint density at radius 3 is 2.84 bits per heavy atom. The maximum Gasteiger partial charge on any atom is 0.274 e. The van der Waals surface area contributed by atoms with E-state index in [1.165, 1.54) is 24.4 Å². The number of nitriles is 1. The van der Waals surface area contributed by atoms with E-state index in [2.05, 4.69) is 10.3 Å². The number of rotatable bonds is 2. The van der Waals surface area contributed by atoms with E-state index in [0.717, 1.165) is 0 Å². The predicted molar refractivity (Wildman–Crippen MR) is 68.0 cm³/mol. The molecule has 2 rings (SSSR count). The fraction of sp³-hybridized carbons (Fsp3) is 0.0714. The number of benzene rings is 1. The molecule has 0 atom stereocenters. The summed E-state index contributed by atoms with van der Waals surface area (Å²) < 4.78 is 13.4. The molecule has 0 saturated carbocycles. The number of hydrogen-bond acceptors (Lipinski definition) is 3. The smallest absolute Gasteiger partial charge is 0.274 e. The highest BCUT2D eigenvalue weighted by atomic mass is 19.1. The van der Waals surface area contributed by atoms with Crippen molar-refractivity contribution in [3.8, 4) is 6.07 Å². The molecular weight excluding hydrogens is 245 g/mol. The van der Waals surface area contributed by atoms with Gasteiger partial charge in [0.25, 0.3) is 5.91 Å². The van der Waals surface area contributed by atoms with Gasteiger partial charge in [-0.05, 0) is 30.7 Å². The van der Waals surface area contributed by atoms with Crippen LogP contribution in [0.1, 0.15) is 21.6 Å². The molecule has 4 nitrogen and oxygen atoms in total. The quantitative estimate of drug-likeness (QED) is 0.897. The second-order valence-corrected chi connectivity index (χ2v) is 3.90. The van der Waals surface area contributed by atoms with Crippen molar-refractivity contribution in [2.75, 3.05) is 5.32 Å². The van der Waals surface area contributed by atoms with Crippen molar-refractivity contribution in [2.24, 2.45) is 0 Å². The molecule has 0 unspecified atom stereocenters. The van der Waals surface area contributed by atoms with Gasteiger partial charge in [-0.1, -0.05) is 12.1 Å². The molecule has 94 valence electrons. The molecule has 0 saturated heterocycles.